The minimum absolute atomic E-state index is 0.275. The fourth-order valence-corrected chi connectivity index (χ4v) is 2.32. The van der Waals surface area contributed by atoms with Crippen LogP contribution in [0.2, 0.25) is 0 Å². The van der Waals surface area contributed by atoms with Crippen LogP contribution >= 0.6 is 0 Å². The van der Waals surface area contributed by atoms with E-state index < -0.39 is 0 Å². The van der Waals surface area contributed by atoms with Crippen molar-refractivity contribution in [2.75, 3.05) is 0 Å². The van der Waals surface area contributed by atoms with Crippen LogP contribution in [0.15, 0.2) is 60.7 Å². The van der Waals surface area contributed by atoms with Crippen molar-refractivity contribution in [1.29, 1.82) is 0 Å². The summed E-state index contributed by atoms with van der Waals surface area (Å²) < 4.78 is 0. The lowest BCUT2D eigenvalue weighted by Crippen LogP contribution is -2.47. The summed E-state index contributed by atoms with van der Waals surface area (Å²) in [6, 6.07) is 20.8. The van der Waals surface area contributed by atoms with Crippen molar-refractivity contribution in [2.24, 2.45) is 5.84 Å². The second-order valence-corrected chi connectivity index (χ2v) is 4.85. The third-order valence-electron chi connectivity index (χ3n) is 3.84. The van der Waals surface area contributed by atoms with Crippen LogP contribution in [0.4, 0.5) is 0 Å². The van der Waals surface area contributed by atoms with E-state index in [1.165, 1.54) is 11.1 Å². The van der Waals surface area contributed by atoms with Crippen molar-refractivity contribution in [3.8, 4) is 0 Å². The van der Waals surface area contributed by atoms with Crippen LogP contribution in [0, 0.1) is 0 Å². The van der Waals surface area contributed by atoms with Crippen LogP contribution in [0.25, 0.3) is 0 Å². The number of benzene rings is 2. The first kappa shape index (κ1) is 12.8. The third-order valence-corrected chi connectivity index (χ3v) is 3.84. The predicted octanol–water partition coefficient (Wildman–Crippen LogP) is 3.17. The van der Waals surface area contributed by atoms with Gasteiger partial charge in [0.25, 0.3) is 0 Å². The van der Waals surface area contributed by atoms with Crippen molar-refractivity contribution < 1.29 is 0 Å². The van der Waals surface area contributed by atoms with Gasteiger partial charge in [0.15, 0.2) is 0 Å². The normalized spacial score (nSPS) is 15.9. The van der Waals surface area contributed by atoms with Gasteiger partial charge >= 0.3 is 0 Å². The first-order chi connectivity index (χ1) is 8.68. The quantitative estimate of drug-likeness (QED) is 0.636. The molecule has 18 heavy (non-hydrogen) atoms. The fourth-order valence-electron chi connectivity index (χ4n) is 2.32. The number of hydrogen-bond donors (Lipinski definition) is 2. The molecule has 1 unspecified atom stereocenters. The van der Waals surface area contributed by atoms with Crippen LogP contribution < -0.4 is 11.3 Å². The van der Waals surface area contributed by atoms with Gasteiger partial charge in [0.1, 0.15) is 0 Å². The molecule has 94 valence electrons. The molecule has 0 aliphatic carbocycles. The van der Waals surface area contributed by atoms with Crippen molar-refractivity contribution in [1.82, 2.24) is 5.43 Å². The SMILES string of the molecule is CC(c1ccccc1)[C@](C)(NN)c1ccccc1. The molecule has 0 spiro atoms. The summed E-state index contributed by atoms with van der Waals surface area (Å²) >= 11 is 0. The highest BCUT2D eigenvalue weighted by Gasteiger charge is 2.32. The van der Waals surface area contributed by atoms with Crippen LogP contribution in [-0.2, 0) is 5.54 Å². The van der Waals surface area contributed by atoms with E-state index in [1.54, 1.807) is 0 Å². The van der Waals surface area contributed by atoms with Crippen molar-refractivity contribution in [2.45, 2.75) is 25.3 Å². The zero-order chi connectivity index (χ0) is 13.0. The van der Waals surface area contributed by atoms with Crippen LogP contribution in [0.5, 0.6) is 0 Å². The molecular weight excluding hydrogens is 220 g/mol. The molecule has 0 radical (unpaired) electrons. The Morgan fingerprint density at radius 1 is 0.944 bits per heavy atom. The summed E-state index contributed by atoms with van der Waals surface area (Å²) in [5.74, 6) is 6.11. The highest BCUT2D eigenvalue weighted by Crippen LogP contribution is 2.35. The first-order valence-corrected chi connectivity index (χ1v) is 6.26. The van der Waals surface area contributed by atoms with E-state index in [4.69, 9.17) is 5.84 Å². The predicted molar refractivity (Wildman–Crippen MR) is 76.0 cm³/mol. The summed E-state index contributed by atoms with van der Waals surface area (Å²) in [7, 11) is 0. The Labute approximate surface area is 109 Å². The smallest absolute Gasteiger partial charge is 0.0607 e. The van der Waals surface area contributed by atoms with E-state index in [-0.39, 0.29) is 11.5 Å². The Bertz CT molecular complexity index is 481. The van der Waals surface area contributed by atoms with E-state index in [0.29, 0.717) is 0 Å². The molecule has 2 heteroatoms. The van der Waals surface area contributed by atoms with Crippen LogP contribution in [0.3, 0.4) is 0 Å². The molecule has 0 amide bonds. The Morgan fingerprint density at radius 2 is 1.44 bits per heavy atom. The Kier molecular flexibility index (Phi) is 3.80. The Balaban J connectivity index is 2.39. The van der Waals surface area contributed by atoms with Gasteiger partial charge in [-0.15, -0.1) is 0 Å². The van der Waals surface area contributed by atoms with E-state index in [9.17, 15) is 0 Å². The van der Waals surface area contributed by atoms with E-state index in [0.717, 1.165) is 0 Å². The second-order valence-electron chi connectivity index (χ2n) is 4.85. The second kappa shape index (κ2) is 5.34. The number of rotatable bonds is 4. The monoisotopic (exact) mass is 240 g/mol. The highest BCUT2D eigenvalue weighted by molar-refractivity contribution is 5.31. The van der Waals surface area contributed by atoms with E-state index in [2.05, 4.69) is 55.7 Å². The molecule has 0 heterocycles. The van der Waals surface area contributed by atoms with Crippen LogP contribution in [-0.4, -0.2) is 0 Å². The summed E-state index contributed by atoms with van der Waals surface area (Å²) in [6.07, 6.45) is 0. The van der Waals surface area contributed by atoms with Gasteiger partial charge in [-0.3, -0.25) is 5.84 Å². The molecule has 0 bridgehead atoms. The Morgan fingerprint density at radius 3 is 1.94 bits per heavy atom. The van der Waals surface area contributed by atoms with E-state index in [1.807, 2.05) is 24.3 Å². The average molecular weight is 240 g/mol. The lowest BCUT2D eigenvalue weighted by molar-refractivity contribution is 0.316. The van der Waals surface area contributed by atoms with Gasteiger partial charge in [0, 0.05) is 5.92 Å². The molecule has 2 aromatic carbocycles. The molecule has 2 aromatic rings. The molecule has 0 fully saturated rings. The number of nitrogens with one attached hydrogen (secondary N) is 1. The van der Waals surface area contributed by atoms with E-state index >= 15 is 0 Å². The van der Waals surface area contributed by atoms with Gasteiger partial charge in [-0.2, -0.15) is 0 Å². The molecule has 2 nitrogen and oxygen atoms in total. The topological polar surface area (TPSA) is 38.0 Å². The molecule has 3 N–H and O–H groups in total. The highest BCUT2D eigenvalue weighted by atomic mass is 15.3. The molecular formula is C16H20N2. The molecule has 0 aromatic heterocycles. The summed E-state index contributed by atoms with van der Waals surface area (Å²) in [4.78, 5) is 0. The van der Waals surface area contributed by atoms with Crippen LogP contribution in [0.1, 0.15) is 30.9 Å². The number of nitrogens with two attached hydrogens (primary N) is 1. The van der Waals surface area contributed by atoms with Gasteiger partial charge in [0.2, 0.25) is 0 Å². The molecule has 0 saturated carbocycles. The summed E-state index contributed by atoms with van der Waals surface area (Å²) in [5, 5.41) is 0. The van der Waals surface area contributed by atoms with Crippen molar-refractivity contribution >= 4 is 0 Å². The lowest BCUT2D eigenvalue weighted by atomic mass is 9.77. The van der Waals surface area contributed by atoms with Gasteiger partial charge in [0.05, 0.1) is 5.54 Å². The average Bonchev–Trinajstić information content (AvgIpc) is 2.47. The minimum Gasteiger partial charge on any atom is -0.271 e. The van der Waals surface area contributed by atoms with Gasteiger partial charge in [-0.05, 0) is 18.1 Å². The van der Waals surface area contributed by atoms with Gasteiger partial charge < -0.3 is 0 Å². The maximum atomic E-state index is 5.83. The zero-order valence-corrected chi connectivity index (χ0v) is 10.9. The number of hydrazine groups is 1. The fraction of sp³-hybridized carbons (Fsp3) is 0.250. The third kappa shape index (κ3) is 2.30. The molecule has 0 aliphatic rings. The largest absolute Gasteiger partial charge is 0.271 e. The summed E-state index contributed by atoms with van der Waals surface area (Å²) in [5.41, 5.74) is 5.20. The first-order valence-electron chi connectivity index (χ1n) is 6.26. The van der Waals surface area contributed by atoms with Crippen molar-refractivity contribution in [3.63, 3.8) is 0 Å². The Hall–Kier alpha value is -1.64. The molecule has 0 saturated heterocycles. The van der Waals surface area contributed by atoms with Gasteiger partial charge in [-0.1, -0.05) is 67.6 Å². The summed E-state index contributed by atoms with van der Waals surface area (Å²) in [6.45, 7) is 4.34. The standard InChI is InChI=1S/C16H20N2/c1-13(14-9-5-3-6-10-14)16(2,18-17)15-11-7-4-8-12-15/h3-13,18H,17H2,1-2H3/t13?,16-/m0/s1. The maximum Gasteiger partial charge on any atom is 0.0607 e. The maximum absolute atomic E-state index is 5.83. The minimum atomic E-state index is -0.275. The lowest BCUT2D eigenvalue weighted by Gasteiger charge is -2.36. The van der Waals surface area contributed by atoms with Crippen molar-refractivity contribution in [3.05, 3.63) is 71.8 Å². The molecule has 2 atom stereocenters. The zero-order valence-electron chi connectivity index (χ0n) is 10.9. The molecule has 2 rings (SSSR count). The number of hydrogen-bond acceptors (Lipinski definition) is 2. The molecule has 0 aliphatic heterocycles. The van der Waals surface area contributed by atoms with Gasteiger partial charge in [-0.25, -0.2) is 5.43 Å².